The van der Waals surface area contributed by atoms with Crippen LogP contribution in [-0.4, -0.2) is 36.1 Å². The number of hydrogen-bond donors (Lipinski definition) is 3. The van der Waals surface area contributed by atoms with E-state index < -0.39 is 6.10 Å². The van der Waals surface area contributed by atoms with Crippen molar-refractivity contribution in [1.29, 1.82) is 0 Å². The Bertz CT molecular complexity index is 1160. The average Bonchev–Trinajstić information content (AvgIpc) is 2.83. The summed E-state index contributed by atoms with van der Waals surface area (Å²) >= 11 is 12.1. The number of rotatable bonds is 5. The van der Waals surface area contributed by atoms with E-state index in [9.17, 15) is 4.79 Å². The Hall–Kier alpha value is -2.70. The Balaban J connectivity index is 1.08. The average molecular weight is 485 g/mol. The van der Waals surface area contributed by atoms with Gasteiger partial charge in [-0.3, -0.25) is 4.79 Å². The molecule has 5 rings (SSSR count). The van der Waals surface area contributed by atoms with Crippen molar-refractivity contribution >= 4 is 51.5 Å². The summed E-state index contributed by atoms with van der Waals surface area (Å²) in [6.07, 6.45) is 3.52. The van der Waals surface area contributed by atoms with Crippen molar-refractivity contribution in [1.82, 2.24) is 10.3 Å². The van der Waals surface area contributed by atoms with Gasteiger partial charge in [0.25, 0.3) is 5.91 Å². The second kappa shape index (κ2) is 9.65. The molecule has 172 valence electrons. The van der Waals surface area contributed by atoms with Crippen LogP contribution in [-0.2, 0) is 4.79 Å². The number of nitrogens with one attached hydrogen (secondary N) is 3. The fourth-order valence-corrected chi connectivity index (χ4v) is 4.89. The van der Waals surface area contributed by atoms with Gasteiger partial charge in [-0.25, -0.2) is 4.98 Å². The monoisotopic (exact) mass is 484 g/mol. The molecule has 1 unspecified atom stereocenters. The molecule has 0 radical (unpaired) electrons. The molecule has 1 atom stereocenters. The van der Waals surface area contributed by atoms with Crippen LogP contribution in [0.15, 0.2) is 48.5 Å². The molecule has 1 aromatic heterocycles. The third-order valence-corrected chi connectivity index (χ3v) is 6.87. The highest BCUT2D eigenvalue weighted by Crippen LogP contribution is 2.32. The number of amides is 1. The summed E-state index contributed by atoms with van der Waals surface area (Å²) in [5.74, 6) is 2.03. The summed E-state index contributed by atoms with van der Waals surface area (Å²) in [5, 5.41) is 12.3. The van der Waals surface area contributed by atoms with Gasteiger partial charge >= 0.3 is 0 Å². The lowest BCUT2D eigenvalue weighted by Crippen LogP contribution is -2.49. The Morgan fingerprint density at radius 1 is 1.03 bits per heavy atom. The normalized spacial score (nSPS) is 22.1. The zero-order valence-electron chi connectivity index (χ0n) is 18.1. The number of ether oxygens (including phenoxy) is 1. The van der Waals surface area contributed by atoms with Crippen molar-refractivity contribution in [2.45, 2.75) is 37.8 Å². The molecule has 0 bridgehead atoms. The zero-order chi connectivity index (χ0) is 22.8. The summed E-state index contributed by atoms with van der Waals surface area (Å²) in [7, 11) is 0. The summed E-state index contributed by atoms with van der Waals surface area (Å²) < 4.78 is 5.88. The van der Waals surface area contributed by atoms with E-state index in [2.05, 4.69) is 20.9 Å². The van der Waals surface area contributed by atoms with Crippen LogP contribution in [0.3, 0.4) is 0 Å². The molecular weight excluding hydrogens is 459 g/mol. The maximum absolute atomic E-state index is 12.7. The molecule has 0 spiro atoms. The van der Waals surface area contributed by atoms with Crippen LogP contribution in [0.5, 0.6) is 5.75 Å². The number of halogens is 2. The van der Waals surface area contributed by atoms with Crippen LogP contribution in [0.2, 0.25) is 10.0 Å². The van der Waals surface area contributed by atoms with Gasteiger partial charge in [0.2, 0.25) is 0 Å². The van der Waals surface area contributed by atoms with Crippen LogP contribution in [0, 0.1) is 5.92 Å². The van der Waals surface area contributed by atoms with Crippen LogP contribution >= 0.6 is 23.2 Å². The lowest BCUT2D eigenvalue weighted by molar-refractivity contribution is -0.128. The van der Waals surface area contributed by atoms with Crippen molar-refractivity contribution in [3.63, 3.8) is 0 Å². The summed E-state index contributed by atoms with van der Waals surface area (Å²) in [6, 6.07) is 15.3. The molecule has 3 N–H and O–H groups in total. The van der Waals surface area contributed by atoms with Gasteiger partial charge in [-0.1, -0.05) is 23.2 Å². The van der Waals surface area contributed by atoms with E-state index in [-0.39, 0.29) is 11.9 Å². The van der Waals surface area contributed by atoms with Crippen molar-refractivity contribution in [2.75, 3.05) is 23.7 Å². The van der Waals surface area contributed by atoms with Gasteiger partial charge in [-0.15, -0.1) is 0 Å². The molecule has 2 aromatic carbocycles. The number of nitrogens with zero attached hydrogens (tertiary/aromatic N) is 1. The number of aromatic nitrogens is 1. The van der Waals surface area contributed by atoms with Gasteiger partial charge in [0, 0.05) is 28.0 Å². The van der Waals surface area contributed by atoms with Gasteiger partial charge in [0.15, 0.2) is 6.10 Å². The number of anilines is 2. The number of benzene rings is 2. The Morgan fingerprint density at radius 3 is 2.67 bits per heavy atom. The molecule has 3 aromatic rings. The number of carbonyl (C=O) groups is 1. The van der Waals surface area contributed by atoms with Gasteiger partial charge in [0.1, 0.15) is 11.6 Å². The fourth-order valence-electron chi connectivity index (χ4n) is 4.54. The van der Waals surface area contributed by atoms with Crippen LogP contribution in [0.4, 0.5) is 11.5 Å². The molecule has 1 aliphatic carbocycles. The molecule has 33 heavy (non-hydrogen) atoms. The number of hydrogen-bond acceptors (Lipinski definition) is 5. The van der Waals surface area contributed by atoms with Gasteiger partial charge in [0.05, 0.1) is 17.7 Å². The molecular formula is C25H26Cl2N4O2. The smallest absolute Gasteiger partial charge is 0.263 e. The van der Waals surface area contributed by atoms with Crippen LogP contribution in [0.25, 0.3) is 10.9 Å². The molecule has 1 aliphatic heterocycles. The molecule has 6 nitrogen and oxygen atoms in total. The predicted molar refractivity (Wildman–Crippen MR) is 133 cm³/mol. The maximum atomic E-state index is 12.7. The topological polar surface area (TPSA) is 75.3 Å². The number of carbonyl (C=O) groups excluding carboxylic acids is 1. The minimum atomic E-state index is -0.535. The van der Waals surface area contributed by atoms with E-state index in [4.69, 9.17) is 27.9 Å². The van der Waals surface area contributed by atoms with E-state index >= 15 is 0 Å². The molecule has 1 amide bonds. The van der Waals surface area contributed by atoms with Crippen molar-refractivity contribution in [3.8, 4) is 5.75 Å². The highest BCUT2D eigenvalue weighted by Gasteiger charge is 2.29. The van der Waals surface area contributed by atoms with Crippen LogP contribution < -0.4 is 20.7 Å². The number of pyridine rings is 1. The van der Waals surface area contributed by atoms with E-state index in [0.717, 1.165) is 59.7 Å². The molecule has 2 aliphatic rings. The van der Waals surface area contributed by atoms with E-state index in [1.165, 1.54) is 0 Å². The predicted octanol–water partition coefficient (Wildman–Crippen LogP) is 5.50. The minimum Gasteiger partial charge on any atom is -0.477 e. The summed E-state index contributed by atoms with van der Waals surface area (Å²) in [5.41, 5.74) is 1.75. The van der Waals surface area contributed by atoms with E-state index in [0.29, 0.717) is 23.2 Å². The second-order valence-electron chi connectivity index (χ2n) is 8.77. The van der Waals surface area contributed by atoms with Crippen molar-refractivity contribution in [3.05, 3.63) is 58.6 Å². The third-order valence-electron chi connectivity index (χ3n) is 6.40. The highest BCUT2D eigenvalue weighted by atomic mass is 35.5. The van der Waals surface area contributed by atoms with E-state index in [1.54, 1.807) is 12.1 Å². The lowest BCUT2D eigenvalue weighted by Gasteiger charge is -2.32. The first kappa shape index (κ1) is 22.1. The SMILES string of the molecule is O=C(N[C@H]1CC[C@H](CNc2ccc3cc(Cl)ccc3n2)CC1)C1CNc2cc(Cl)ccc2O1. The van der Waals surface area contributed by atoms with Crippen LogP contribution in [0.1, 0.15) is 25.7 Å². The van der Waals surface area contributed by atoms with Crippen molar-refractivity contribution < 1.29 is 9.53 Å². The Labute approximate surface area is 203 Å². The molecule has 8 heteroatoms. The van der Waals surface area contributed by atoms with Gasteiger partial charge in [-0.05, 0) is 80.1 Å². The highest BCUT2D eigenvalue weighted by molar-refractivity contribution is 6.31. The molecule has 0 saturated heterocycles. The van der Waals surface area contributed by atoms with Gasteiger partial charge in [-0.2, -0.15) is 0 Å². The standard InChI is InChI=1S/C25H26Cl2N4O2/c26-17-4-8-20-16(11-17)3-10-24(31-20)29-13-15-1-6-19(7-2-15)30-25(32)23-14-28-21-12-18(27)5-9-22(21)33-23/h3-5,8-12,15,19,23,28H,1-2,6-7,13-14H2,(H,29,31)(H,30,32)/t15-,19-,23?. The number of fused-ring (bicyclic) bond motifs is 2. The van der Waals surface area contributed by atoms with E-state index in [1.807, 2.05) is 36.4 Å². The largest absolute Gasteiger partial charge is 0.477 e. The summed E-state index contributed by atoms with van der Waals surface area (Å²) in [4.78, 5) is 17.4. The molecule has 1 fully saturated rings. The zero-order valence-corrected chi connectivity index (χ0v) is 19.6. The first-order valence-electron chi connectivity index (χ1n) is 11.3. The first-order valence-corrected chi connectivity index (χ1v) is 12.1. The minimum absolute atomic E-state index is 0.0647. The van der Waals surface area contributed by atoms with Gasteiger partial charge < -0.3 is 20.7 Å². The first-order chi connectivity index (χ1) is 16.0. The maximum Gasteiger partial charge on any atom is 0.263 e. The molecule has 1 saturated carbocycles. The Kier molecular flexibility index (Phi) is 6.47. The lowest BCUT2D eigenvalue weighted by atomic mass is 9.86. The summed E-state index contributed by atoms with van der Waals surface area (Å²) in [6.45, 7) is 1.31. The Morgan fingerprint density at radius 2 is 1.82 bits per heavy atom. The molecule has 2 heterocycles. The quantitative estimate of drug-likeness (QED) is 0.445. The van der Waals surface area contributed by atoms with Crippen molar-refractivity contribution in [2.24, 2.45) is 5.92 Å². The fraction of sp³-hybridized carbons (Fsp3) is 0.360. The third kappa shape index (κ3) is 5.28. The second-order valence-corrected chi connectivity index (χ2v) is 9.64.